The smallest absolute Gasteiger partial charge is 0.0768 e. The summed E-state index contributed by atoms with van der Waals surface area (Å²) in [4.78, 5) is 2.56. The molecule has 108 valence electrons. The van der Waals surface area contributed by atoms with Gasteiger partial charge < -0.3 is 5.11 Å². The van der Waals surface area contributed by atoms with Crippen molar-refractivity contribution in [3.05, 3.63) is 0 Å². The van der Waals surface area contributed by atoms with E-state index in [4.69, 9.17) is 0 Å². The van der Waals surface area contributed by atoms with Gasteiger partial charge in [-0.3, -0.25) is 4.90 Å². The topological polar surface area (TPSA) is 23.5 Å². The van der Waals surface area contributed by atoms with E-state index in [0.717, 1.165) is 19.0 Å². The predicted molar refractivity (Wildman–Crippen MR) is 78.7 cm³/mol. The maximum absolute atomic E-state index is 10.5. The van der Waals surface area contributed by atoms with Crippen molar-refractivity contribution in [1.29, 1.82) is 0 Å². The first-order chi connectivity index (χ1) is 8.33. The molecule has 1 atom stereocenters. The van der Waals surface area contributed by atoms with Crippen molar-refractivity contribution in [2.24, 2.45) is 11.8 Å². The minimum Gasteiger partial charge on any atom is -0.389 e. The summed E-state index contributed by atoms with van der Waals surface area (Å²) in [6, 6.07) is 0.717. The lowest BCUT2D eigenvalue weighted by Gasteiger charge is -2.38. The van der Waals surface area contributed by atoms with Crippen LogP contribution in [0.3, 0.4) is 0 Å². The molecule has 2 nitrogen and oxygen atoms in total. The van der Waals surface area contributed by atoms with E-state index in [9.17, 15) is 5.11 Å². The van der Waals surface area contributed by atoms with E-state index in [2.05, 4.69) is 32.6 Å². The molecular formula is C16H33NO. The first kappa shape index (κ1) is 16.0. The summed E-state index contributed by atoms with van der Waals surface area (Å²) in [5.74, 6) is 1.07. The molecule has 0 radical (unpaired) electrons. The van der Waals surface area contributed by atoms with Gasteiger partial charge in [0.1, 0.15) is 0 Å². The summed E-state index contributed by atoms with van der Waals surface area (Å²) >= 11 is 0. The zero-order valence-electron chi connectivity index (χ0n) is 13.1. The van der Waals surface area contributed by atoms with Gasteiger partial charge in [0.05, 0.1) is 5.60 Å². The zero-order valence-corrected chi connectivity index (χ0v) is 13.1. The summed E-state index contributed by atoms with van der Waals surface area (Å²) in [7, 11) is 0. The van der Waals surface area contributed by atoms with Gasteiger partial charge in [-0.2, -0.15) is 0 Å². The van der Waals surface area contributed by atoms with E-state index < -0.39 is 5.60 Å². The molecule has 1 saturated carbocycles. The van der Waals surface area contributed by atoms with Crippen LogP contribution in [0.25, 0.3) is 0 Å². The van der Waals surface area contributed by atoms with Crippen LogP contribution in [0.1, 0.15) is 66.7 Å². The first-order valence-electron chi connectivity index (χ1n) is 7.79. The summed E-state index contributed by atoms with van der Waals surface area (Å²) < 4.78 is 0. The maximum atomic E-state index is 10.5. The fourth-order valence-corrected chi connectivity index (χ4v) is 2.68. The molecule has 0 aromatic rings. The van der Waals surface area contributed by atoms with Crippen LogP contribution < -0.4 is 0 Å². The Balaban J connectivity index is 2.58. The molecule has 1 unspecified atom stereocenters. The number of aliphatic hydroxyl groups is 1. The molecule has 1 N–H and O–H groups in total. The second-order valence-corrected chi connectivity index (χ2v) is 7.10. The van der Waals surface area contributed by atoms with Gasteiger partial charge in [-0.05, 0) is 44.6 Å². The maximum Gasteiger partial charge on any atom is 0.0768 e. The third kappa shape index (κ3) is 4.89. The number of rotatable bonds is 7. The zero-order chi connectivity index (χ0) is 13.8. The van der Waals surface area contributed by atoms with Gasteiger partial charge >= 0.3 is 0 Å². The van der Waals surface area contributed by atoms with Crippen LogP contribution in [0.2, 0.25) is 0 Å². The Morgan fingerprint density at radius 2 is 1.72 bits per heavy atom. The Bertz CT molecular complexity index is 229. The predicted octanol–water partition coefficient (Wildman–Crippen LogP) is 3.68. The highest BCUT2D eigenvalue weighted by atomic mass is 16.3. The van der Waals surface area contributed by atoms with E-state index >= 15 is 0 Å². The van der Waals surface area contributed by atoms with Gasteiger partial charge in [0.2, 0.25) is 0 Å². The first-order valence-corrected chi connectivity index (χ1v) is 7.79. The molecule has 1 fully saturated rings. The summed E-state index contributed by atoms with van der Waals surface area (Å²) in [6.07, 6.45) is 6.63. The van der Waals surface area contributed by atoms with Crippen LogP contribution in [0, 0.1) is 11.8 Å². The number of hydrogen-bond donors (Lipinski definition) is 1. The fraction of sp³-hybridized carbons (Fsp3) is 1.00. The van der Waals surface area contributed by atoms with Gasteiger partial charge in [0.15, 0.2) is 0 Å². The monoisotopic (exact) mass is 255 g/mol. The third-order valence-electron chi connectivity index (χ3n) is 4.60. The van der Waals surface area contributed by atoms with Crippen LogP contribution in [-0.4, -0.2) is 34.7 Å². The van der Waals surface area contributed by atoms with Gasteiger partial charge in [-0.25, -0.2) is 0 Å². The van der Waals surface area contributed by atoms with Crippen molar-refractivity contribution < 1.29 is 5.11 Å². The molecule has 0 aromatic heterocycles. The molecule has 0 amide bonds. The van der Waals surface area contributed by atoms with E-state index in [0.29, 0.717) is 12.0 Å². The van der Waals surface area contributed by atoms with Crippen LogP contribution >= 0.6 is 0 Å². The molecule has 18 heavy (non-hydrogen) atoms. The second-order valence-electron chi connectivity index (χ2n) is 7.10. The molecule has 0 aliphatic heterocycles. The van der Waals surface area contributed by atoms with Gasteiger partial charge in [0.25, 0.3) is 0 Å². The minimum atomic E-state index is -0.556. The van der Waals surface area contributed by atoms with Crippen LogP contribution in [-0.2, 0) is 0 Å². The molecule has 0 aromatic carbocycles. The van der Waals surface area contributed by atoms with Crippen molar-refractivity contribution in [1.82, 2.24) is 4.90 Å². The van der Waals surface area contributed by atoms with E-state index in [1.165, 1.54) is 32.1 Å². The number of nitrogens with zero attached hydrogens (tertiary/aromatic N) is 1. The average Bonchev–Trinajstić information content (AvgIpc) is 2.76. The molecule has 2 heteroatoms. The van der Waals surface area contributed by atoms with E-state index in [-0.39, 0.29) is 0 Å². The van der Waals surface area contributed by atoms with Crippen molar-refractivity contribution in [2.75, 3.05) is 13.1 Å². The highest BCUT2D eigenvalue weighted by Gasteiger charge is 2.31. The van der Waals surface area contributed by atoms with Gasteiger partial charge in [-0.15, -0.1) is 0 Å². The molecule has 1 aliphatic rings. The second kappa shape index (κ2) is 6.91. The lowest BCUT2D eigenvalue weighted by Crippen LogP contribution is -2.48. The molecule has 0 spiro atoms. The Hall–Kier alpha value is -0.0800. The number of hydrogen-bond acceptors (Lipinski definition) is 2. The Kier molecular flexibility index (Phi) is 6.13. The summed E-state index contributed by atoms with van der Waals surface area (Å²) in [5, 5.41) is 10.5. The minimum absolute atomic E-state index is 0.320. The lowest BCUT2D eigenvalue weighted by molar-refractivity contribution is -0.0297. The third-order valence-corrected chi connectivity index (χ3v) is 4.60. The van der Waals surface area contributed by atoms with Gasteiger partial charge in [0, 0.05) is 12.6 Å². The van der Waals surface area contributed by atoms with Gasteiger partial charge in [-0.1, -0.05) is 40.5 Å². The quantitative estimate of drug-likeness (QED) is 0.750. The lowest BCUT2D eigenvalue weighted by atomic mass is 9.91. The molecule has 0 saturated heterocycles. The largest absolute Gasteiger partial charge is 0.389 e. The fourth-order valence-electron chi connectivity index (χ4n) is 2.68. The van der Waals surface area contributed by atoms with Crippen LogP contribution in [0.5, 0.6) is 0 Å². The average molecular weight is 255 g/mol. The molecule has 0 heterocycles. The highest BCUT2D eigenvalue weighted by molar-refractivity contribution is 4.86. The standard InChI is InChI=1S/C16H33NO/c1-13(2)10-11-17(15-8-6-7-9-15)12-16(5,18)14(3)4/h13-15,18H,6-12H2,1-5H3. The molecule has 1 rings (SSSR count). The highest BCUT2D eigenvalue weighted by Crippen LogP contribution is 2.27. The summed E-state index contributed by atoms with van der Waals surface area (Å²) in [6.45, 7) is 12.8. The SMILES string of the molecule is CC(C)CCN(CC(C)(O)C(C)C)C1CCCC1. The van der Waals surface area contributed by atoms with Crippen molar-refractivity contribution in [3.63, 3.8) is 0 Å². The van der Waals surface area contributed by atoms with Crippen LogP contribution in [0.15, 0.2) is 0 Å². The normalized spacial score (nSPS) is 21.2. The van der Waals surface area contributed by atoms with E-state index in [1.807, 2.05) is 6.92 Å². The van der Waals surface area contributed by atoms with Crippen LogP contribution in [0.4, 0.5) is 0 Å². The Morgan fingerprint density at radius 3 is 2.17 bits per heavy atom. The molecule has 1 aliphatic carbocycles. The Morgan fingerprint density at radius 1 is 1.17 bits per heavy atom. The van der Waals surface area contributed by atoms with Crippen molar-refractivity contribution in [3.8, 4) is 0 Å². The van der Waals surface area contributed by atoms with Crippen molar-refractivity contribution >= 4 is 0 Å². The molecule has 0 bridgehead atoms. The Labute approximate surface area is 114 Å². The van der Waals surface area contributed by atoms with Crippen molar-refractivity contribution in [2.45, 2.75) is 78.4 Å². The molecular weight excluding hydrogens is 222 g/mol. The van der Waals surface area contributed by atoms with E-state index in [1.54, 1.807) is 0 Å². The summed E-state index contributed by atoms with van der Waals surface area (Å²) in [5.41, 5.74) is -0.556.